The standard InChI is InChI=1S/C11H11N3O3S/c1-2-16-9-7-12-11(17-9)10(15)14-13-6-8-4-3-5-18-8/h3-7H,2H2,1H3,(H,14,15)/b13-6+. The van der Waals surface area contributed by atoms with Crippen molar-refractivity contribution in [2.75, 3.05) is 6.61 Å². The highest BCUT2D eigenvalue weighted by Gasteiger charge is 2.12. The molecular weight excluding hydrogens is 254 g/mol. The molecule has 0 aliphatic heterocycles. The van der Waals surface area contributed by atoms with E-state index in [1.165, 1.54) is 17.5 Å². The van der Waals surface area contributed by atoms with E-state index in [1.54, 1.807) is 6.21 Å². The monoisotopic (exact) mass is 265 g/mol. The molecule has 6 nitrogen and oxygen atoms in total. The lowest BCUT2D eigenvalue weighted by Crippen LogP contribution is -2.17. The van der Waals surface area contributed by atoms with Gasteiger partial charge in [0.25, 0.3) is 5.89 Å². The van der Waals surface area contributed by atoms with Gasteiger partial charge in [0.15, 0.2) is 0 Å². The Bertz CT molecular complexity index is 533. The highest BCUT2D eigenvalue weighted by Crippen LogP contribution is 2.12. The van der Waals surface area contributed by atoms with Crippen molar-refractivity contribution in [1.29, 1.82) is 0 Å². The van der Waals surface area contributed by atoms with Crippen LogP contribution in [0.4, 0.5) is 0 Å². The van der Waals surface area contributed by atoms with E-state index in [0.29, 0.717) is 6.61 Å². The van der Waals surface area contributed by atoms with Crippen LogP contribution < -0.4 is 10.2 Å². The number of oxazole rings is 1. The Kier molecular flexibility index (Phi) is 4.08. The van der Waals surface area contributed by atoms with Gasteiger partial charge in [0, 0.05) is 4.88 Å². The van der Waals surface area contributed by atoms with Gasteiger partial charge in [-0.15, -0.1) is 11.3 Å². The van der Waals surface area contributed by atoms with Crippen LogP contribution >= 0.6 is 11.3 Å². The summed E-state index contributed by atoms with van der Waals surface area (Å²) in [7, 11) is 0. The van der Waals surface area contributed by atoms with Crippen molar-refractivity contribution in [2.45, 2.75) is 6.92 Å². The van der Waals surface area contributed by atoms with E-state index in [0.717, 1.165) is 4.88 Å². The van der Waals surface area contributed by atoms with Crippen LogP contribution in [0, 0.1) is 0 Å². The number of aromatic nitrogens is 1. The minimum Gasteiger partial charge on any atom is -0.464 e. The molecule has 0 fully saturated rings. The summed E-state index contributed by atoms with van der Waals surface area (Å²) in [6, 6.07) is 3.79. The summed E-state index contributed by atoms with van der Waals surface area (Å²) in [5.41, 5.74) is 2.32. The Balaban J connectivity index is 1.91. The first-order valence-electron chi connectivity index (χ1n) is 5.25. The zero-order valence-corrected chi connectivity index (χ0v) is 10.4. The number of hydrazone groups is 1. The summed E-state index contributed by atoms with van der Waals surface area (Å²) < 4.78 is 10.1. The Morgan fingerprint density at radius 3 is 3.33 bits per heavy atom. The second-order valence-electron chi connectivity index (χ2n) is 3.13. The van der Waals surface area contributed by atoms with Gasteiger partial charge in [0.2, 0.25) is 0 Å². The van der Waals surface area contributed by atoms with E-state index in [2.05, 4.69) is 15.5 Å². The van der Waals surface area contributed by atoms with E-state index in [4.69, 9.17) is 9.15 Å². The summed E-state index contributed by atoms with van der Waals surface area (Å²) >= 11 is 1.52. The number of carbonyl (C=O) groups is 1. The van der Waals surface area contributed by atoms with Crippen LogP contribution in [0.1, 0.15) is 22.5 Å². The number of amides is 1. The molecule has 18 heavy (non-hydrogen) atoms. The van der Waals surface area contributed by atoms with Crippen LogP contribution in [0.3, 0.4) is 0 Å². The molecule has 0 radical (unpaired) electrons. The molecule has 0 atom stereocenters. The number of rotatable bonds is 5. The summed E-state index contributed by atoms with van der Waals surface area (Å²) in [5, 5.41) is 5.71. The first-order valence-corrected chi connectivity index (χ1v) is 6.13. The summed E-state index contributed by atoms with van der Waals surface area (Å²) in [6.07, 6.45) is 2.90. The molecule has 0 bridgehead atoms. The van der Waals surface area contributed by atoms with Crippen molar-refractivity contribution in [3.05, 3.63) is 34.5 Å². The van der Waals surface area contributed by atoms with Crippen LogP contribution in [-0.2, 0) is 0 Å². The molecule has 1 N–H and O–H groups in total. The maximum absolute atomic E-state index is 11.6. The molecule has 0 saturated heterocycles. The average Bonchev–Trinajstić information content (AvgIpc) is 3.00. The number of nitrogens with one attached hydrogen (secondary N) is 1. The third-order valence-electron chi connectivity index (χ3n) is 1.87. The highest BCUT2D eigenvalue weighted by atomic mass is 32.1. The second kappa shape index (κ2) is 5.97. The van der Waals surface area contributed by atoms with Crippen LogP contribution in [-0.4, -0.2) is 23.7 Å². The maximum atomic E-state index is 11.6. The number of nitrogens with zero attached hydrogens (tertiary/aromatic N) is 2. The Labute approximate surface area is 107 Å². The molecular formula is C11H11N3O3S. The number of thiophene rings is 1. The number of ether oxygens (including phenoxy) is 1. The summed E-state index contributed by atoms with van der Waals surface area (Å²) in [4.78, 5) is 16.3. The fourth-order valence-electron chi connectivity index (χ4n) is 1.14. The minimum atomic E-state index is -0.520. The smallest absolute Gasteiger partial charge is 0.327 e. The summed E-state index contributed by atoms with van der Waals surface area (Å²) in [6.45, 7) is 2.26. The Hall–Kier alpha value is -2.15. The molecule has 7 heteroatoms. The number of carbonyl (C=O) groups excluding carboxylic acids is 1. The lowest BCUT2D eigenvalue weighted by molar-refractivity contribution is 0.0912. The van der Waals surface area contributed by atoms with Gasteiger partial charge in [0.05, 0.1) is 12.8 Å². The largest absolute Gasteiger partial charge is 0.464 e. The first-order chi connectivity index (χ1) is 8.79. The molecule has 0 aliphatic rings. The van der Waals surface area contributed by atoms with Gasteiger partial charge >= 0.3 is 11.9 Å². The summed E-state index contributed by atoms with van der Waals surface area (Å²) in [5.74, 6) is -0.388. The molecule has 2 aromatic heterocycles. The highest BCUT2D eigenvalue weighted by molar-refractivity contribution is 7.11. The zero-order chi connectivity index (χ0) is 12.8. The lowest BCUT2D eigenvalue weighted by atomic mass is 10.5. The molecule has 0 aliphatic carbocycles. The number of hydrogen-bond donors (Lipinski definition) is 1. The van der Waals surface area contributed by atoms with Gasteiger partial charge in [-0.05, 0) is 18.4 Å². The molecule has 0 saturated carbocycles. The molecule has 0 unspecified atom stereocenters. The van der Waals surface area contributed by atoms with Crippen LogP contribution in [0.15, 0.2) is 33.2 Å². The third kappa shape index (κ3) is 3.17. The van der Waals surface area contributed by atoms with Gasteiger partial charge in [-0.2, -0.15) is 5.10 Å². The fraction of sp³-hybridized carbons (Fsp3) is 0.182. The third-order valence-corrected chi connectivity index (χ3v) is 2.67. The van der Waals surface area contributed by atoms with Gasteiger partial charge in [-0.3, -0.25) is 4.79 Å². The van der Waals surface area contributed by atoms with Crippen LogP contribution in [0.25, 0.3) is 0 Å². The molecule has 1 amide bonds. The molecule has 0 aromatic carbocycles. The van der Waals surface area contributed by atoms with Crippen LogP contribution in [0.5, 0.6) is 5.95 Å². The van der Waals surface area contributed by atoms with E-state index < -0.39 is 5.91 Å². The van der Waals surface area contributed by atoms with E-state index >= 15 is 0 Å². The Morgan fingerprint density at radius 1 is 1.72 bits per heavy atom. The lowest BCUT2D eigenvalue weighted by Gasteiger charge is -1.95. The van der Waals surface area contributed by atoms with E-state index in [9.17, 15) is 4.79 Å². The second-order valence-corrected chi connectivity index (χ2v) is 4.11. The predicted octanol–water partition coefficient (Wildman–Crippen LogP) is 1.90. The van der Waals surface area contributed by atoms with Crippen molar-refractivity contribution >= 4 is 23.5 Å². The van der Waals surface area contributed by atoms with Crippen molar-refractivity contribution in [3.8, 4) is 5.95 Å². The van der Waals surface area contributed by atoms with E-state index in [-0.39, 0.29) is 11.8 Å². The van der Waals surface area contributed by atoms with Gasteiger partial charge in [0.1, 0.15) is 6.20 Å². The first kappa shape index (κ1) is 12.3. The molecule has 2 heterocycles. The van der Waals surface area contributed by atoms with E-state index in [1.807, 2.05) is 24.4 Å². The SMILES string of the molecule is CCOc1cnc(C(=O)N/N=C/c2cccs2)o1. The number of hydrogen-bond acceptors (Lipinski definition) is 6. The molecule has 2 rings (SSSR count). The van der Waals surface area contributed by atoms with Gasteiger partial charge in [-0.25, -0.2) is 10.4 Å². The van der Waals surface area contributed by atoms with Crippen LogP contribution in [0.2, 0.25) is 0 Å². The molecule has 0 spiro atoms. The Morgan fingerprint density at radius 2 is 2.61 bits per heavy atom. The normalized spacial score (nSPS) is 10.7. The van der Waals surface area contributed by atoms with Crippen molar-refractivity contribution in [2.24, 2.45) is 5.10 Å². The van der Waals surface area contributed by atoms with Gasteiger partial charge < -0.3 is 9.15 Å². The predicted molar refractivity (Wildman–Crippen MR) is 67.1 cm³/mol. The van der Waals surface area contributed by atoms with Crippen molar-refractivity contribution < 1.29 is 13.9 Å². The zero-order valence-electron chi connectivity index (χ0n) is 9.62. The average molecular weight is 265 g/mol. The minimum absolute atomic E-state index is 0.0817. The molecule has 94 valence electrons. The van der Waals surface area contributed by atoms with Gasteiger partial charge in [-0.1, -0.05) is 6.07 Å². The quantitative estimate of drug-likeness (QED) is 0.661. The molecule has 2 aromatic rings. The fourth-order valence-corrected chi connectivity index (χ4v) is 1.73. The van der Waals surface area contributed by atoms with Crippen molar-refractivity contribution in [3.63, 3.8) is 0 Å². The maximum Gasteiger partial charge on any atom is 0.327 e. The topological polar surface area (TPSA) is 76.7 Å². The van der Waals surface area contributed by atoms with Crippen molar-refractivity contribution in [1.82, 2.24) is 10.4 Å².